The van der Waals surface area contributed by atoms with Gasteiger partial charge >= 0.3 is 0 Å². The number of fused-ring (bicyclic) bond motifs is 13. The van der Waals surface area contributed by atoms with E-state index in [1.807, 2.05) is 35.6 Å². The molecule has 0 aliphatic heterocycles. The minimum absolute atomic E-state index is 0.164. The Morgan fingerprint density at radius 3 is 2.07 bits per heavy atom. The predicted molar refractivity (Wildman–Crippen MR) is 184 cm³/mol. The van der Waals surface area contributed by atoms with E-state index < -0.39 is 0 Å². The van der Waals surface area contributed by atoms with Crippen molar-refractivity contribution < 1.29 is 4.42 Å². The lowest BCUT2D eigenvalue weighted by Gasteiger charge is -2.11. The molecule has 0 unspecified atom stereocenters. The Bertz CT molecular complexity index is 2790. The molecule has 0 radical (unpaired) electrons. The first kappa shape index (κ1) is 24.2. The molecule has 0 amide bonds. The van der Waals surface area contributed by atoms with Crippen LogP contribution in [0.4, 0.5) is 0 Å². The number of hydrogen-bond acceptors (Lipinski definition) is 4. The molecule has 0 spiro atoms. The van der Waals surface area contributed by atoms with Crippen LogP contribution in [0.5, 0.6) is 0 Å². The molecular weight excluding hydrogens is 582 g/mol. The van der Waals surface area contributed by atoms with Gasteiger partial charge in [0, 0.05) is 42.9 Å². The zero-order chi connectivity index (χ0) is 28.9. The van der Waals surface area contributed by atoms with E-state index in [-0.39, 0.29) is 5.28 Å². The molecule has 0 saturated carbocycles. The molecule has 10 rings (SSSR count). The van der Waals surface area contributed by atoms with Gasteiger partial charge in [-0.05, 0) is 52.7 Å². The van der Waals surface area contributed by atoms with Gasteiger partial charge in [0.05, 0.1) is 26.8 Å². The first-order valence-electron chi connectivity index (χ1n) is 14.5. The first-order valence-corrected chi connectivity index (χ1v) is 15.6. The molecule has 0 aliphatic carbocycles. The van der Waals surface area contributed by atoms with Crippen molar-refractivity contribution in [1.82, 2.24) is 14.5 Å². The molecule has 4 heterocycles. The number of furan rings is 1. The zero-order valence-corrected chi connectivity index (χ0v) is 24.7. The van der Waals surface area contributed by atoms with Gasteiger partial charge in [-0.25, -0.2) is 4.98 Å². The second-order valence-electron chi connectivity index (χ2n) is 11.1. The Morgan fingerprint density at radius 2 is 1.25 bits per heavy atom. The highest BCUT2D eigenvalue weighted by Gasteiger charge is 2.22. The van der Waals surface area contributed by atoms with Crippen molar-refractivity contribution >= 4 is 97.8 Å². The highest BCUT2D eigenvalue weighted by molar-refractivity contribution is 7.27. The topological polar surface area (TPSA) is 43.9 Å². The molecule has 6 aromatic carbocycles. The van der Waals surface area contributed by atoms with Crippen LogP contribution in [0.2, 0.25) is 5.28 Å². The summed E-state index contributed by atoms with van der Waals surface area (Å²) in [5.74, 6) is 0. The zero-order valence-electron chi connectivity index (χ0n) is 23.1. The third kappa shape index (κ3) is 3.23. The van der Waals surface area contributed by atoms with Crippen LogP contribution in [0.3, 0.4) is 0 Å². The van der Waals surface area contributed by atoms with Crippen LogP contribution < -0.4 is 0 Å². The van der Waals surface area contributed by atoms with Gasteiger partial charge in [0.15, 0.2) is 0 Å². The molecule has 0 N–H and O–H groups in total. The van der Waals surface area contributed by atoms with Crippen LogP contribution in [0.15, 0.2) is 126 Å². The van der Waals surface area contributed by atoms with E-state index in [0.29, 0.717) is 5.71 Å². The molecule has 6 heteroatoms. The third-order valence-electron chi connectivity index (χ3n) is 8.76. The van der Waals surface area contributed by atoms with E-state index in [4.69, 9.17) is 16.0 Å². The fourth-order valence-electron chi connectivity index (χ4n) is 6.97. The first-order chi connectivity index (χ1) is 21.7. The second kappa shape index (κ2) is 8.89. The number of hydrogen-bond donors (Lipinski definition) is 0. The van der Waals surface area contributed by atoms with E-state index in [1.165, 1.54) is 52.8 Å². The van der Waals surface area contributed by atoms with E-state index in [0.717, 1.165) is 33.3 Å². The molecule has 4 nitrogen and oxygen atoms in total. The Balaban J connectivity index is 1.29. The van der Waals surface area contributed by atoms with E-state index in [9.17, 15) is 0 Å². The van der Waals surface area contributed by atoms with Crippen molar-refractivity contribution in [2.75, 3.05) is 0 Å². The molecule has 0 aliphatic rings. The summed E-state index contributed by atoms with van der Waals surface area (Å²) in [7, 11) is 0. The second-order valence-corrected chi connectivity index (χ2v) is 12.5. The maximum absolute atomic E-state index is 6.40. The molecule has 44 heavy (non-hydrogen) atoms. The molecule has 10 aromatic rings. The summed E-state index contributed by atoms with van der Waals surface area (Å²) >= 11 is 8.27. The number of halogens is 1. The lowest BCUT2D eigenvalue weighted by atomic mass is 9.99. The van der Waals surface area contributed by atoms with Gasteiger partial charge in [0.25, 0.3) is 0 Å². The van der Waals surface area contributed by atoms with Crippen molar-refractivity contribution in [1.29, 1.82) is 0 Å². The molecule has 206 valence electrons. The van der Waals surface area contributed by atoms with Gasteiger partial charge in [0.1, 0.15) is 5.58 Å². The van der Waals surface area contributed by atoms with Gasteiger partial charge in [-0.15, -0.1) is 11.3 Å². The van der Waals surface area contributed by atoms with E-state index >= 15 is 0 Å². The number of thiophene rings is 1. The van der Waals surface area contributed by atoms with E-state index in [2.05, 4.69) is 112 Å². The highest BCUT2D eigenvalue weighted by Crippen LogP contribution is 2.48. The largest absolute Gasteiger partial charge is 0.438 e. The third-order valence-corrected chi connectivity index (χ3v) is 10.1. The lowest BCUT2D eigenvalue weighted by Crippen LogP contribution is -1.95. The summed E-state index contributed by atoms with van der Waals surface area (Å²) < 4.78 is 11.1. The minimum atomic E-state index is 0.164. The van der Waals surface area contributed by atoms with Crippen molar-refractivity contribution in [2.24, 2.45) is 0 Å². The predicted octanol–water partition coefficient (Wildman–Crippen LogP) is 11.3. The van der Waals surface area contributed by atoms with Crippen LogP contribution >= 0.6 is 22.9 Å². The number of rotatable bonds is 2. The van der Waals surface area contributed by atoms with Gasteiger partial charge in [-0.3, -0.25) is 0 Å². The fourth-order valence-corrected chi connectivity index (χ4v) is 8.39. The Morgan fingerprint density at radius 1 is 0.591 bits per heavy atom. The van der Waals surface area contributed by atoms with Crippen molar-refractivity contribution in [2.45, 2.75) is 0 Å². The Labute approximate surface area is 259 Å². The van der Waals surface area contributed by atoms with Crippen LogP contribution in [-0.2, 0) is 0 Å². The van der Waals surface area contributed by atoms with Gasteiger partial charge in [-0.1, -0.05) is 91.0 Å². The maximum atomic E-state index is 6.40. The summed E-state index contributed by atoms with van der Waals surface area (Å²) in [6, 6.07) is 42.9. The van der Waals surface area contributed by atoms with Crippen molar-refractivity contribution in [3.05, 3.63) is 127 Å². The molecular formula is C38H20ClN3OS. The fraction of sp³-hybridized carbons (Fsp3) is 0. The number of benzene rings is 6. The Hall–Kier alpha value is -5.23. The molecule has 0 fully saturated rings. The van der Waals surface area contributed by atoms with Gasteiger partial charge < -0.3 is 8.98 Å². The Kier molecular flexibility index (Phi) is 4.90. The summed E-state index contributed by atoms with van der Waals surface area (Å²) in [6.45, 7) is 0. The summed E-state index contributed by atoms with van der Waals surface area (Å²) in [5, 5.41) is 9.72. The smallest absolute Gasteiger partial charge is 0.232 e. The van der Waals surface area contributed by atoms with Crippen LogP contribution in [-0.4, -0.2) is 14.5 Å². The summed E-state index contributed by atoms with van der Waals surface area (Å²) in [4.78, 5) is 9.06. The van der Waals surface area contributed by atoms with Gasteiger partial charge in [-0.2, -0.15) is 4.98 Å². The normalized spacial score (nSPS) is 12.2. The van der Waals surface area contributed by atoms with Crippen molar-refractivity contribution in [3.63, 3.8) is 0 Å². The quantitative estimate of drug-likeness (QED) is 0.185. The molecule has 0 bridgehead atoms. The van der Waals surface area contributed by atoms with Crippen LogP contribution in [0.1, 0.15) is 0 Å². The van der Waals surface area contributed by atoms with Gasteiger partial charge in [0.2, 0.25) is 11.0 Å². The molecule has 0 atom stereocenters. The highest BCUT2D eigenvalue weighted by atomic mass is 35.5. The van der Waals surface area contributed by atoms with Crippen LogP contribution in [0, 0.1) is 0 Å². The minimum Gasteiger partial charge on any atom is -0.438 e. The van der Waals surface area contributed by atoms with Crippen LogP contribution in [0.25, 0.3) is 91.8 Å². The SMILES string of the molecule is Clc1nc(-c2ccc(-n3c4ccccc4c4c5ccccc5c5c6ccccc6sc5c43)cc2)c2c(n1)oc1ccccc12. The maximum Gasteiger partial charge on any atom is 0.232 e. The summed E-state index contributed by atoms with van der Waals surface area (Å²) in [5.41, 5.74) is 6.47. The number of para-hydroxylation sites is 2. The number of nitrogens with zero attached hydrogens (tertiary/aromatic N) is 3. The standard InChI is InChI=1S/C38H20ClN3OS/c39-38-40-34(33-26-12-4-7-15-29(26)43-37(33)41-38)21-17-19-22(20-18-21)42-28-14-6-3-11-25(28)31-23-9-1-2-10-24(23)32-27-13-5-8-16-30(27)44-36(32)35(31)42/h1-20H. The average molecular weight is 602 g/mol. The average Bonchev–Trinajstić information content (AvgIpc) is 3.74. The van der Waals surface area contributed by atoms with E-state index in [1.54, 1.807) is 0 Å². The van der Waals surface area contributed by atoms with Crippen molar-refractivity contribution in [3.8, 4) is 16.9 Å². The number of aromatic nitrogens is 3. The summed E-state index contributed by atoms with van der Waals surface area (Å²) in [6.07, 6.45) is 0. The lowest BCUT2D eigenvalue weighted by molar-refractivity contribution is 0.653. The molecule has 0 saturated heterocycles. The monoisotopic (exact) mass is 601 g/mol. The molecule has 4 aromatic heterocycles.